The number of amides is 1. The summed E-state index contributed by atoms with van der Waals surface area (Å²) in [6, 6.07) is 9.89. The van der Waals surface area contributed by atoms with Gasteiger partial charge in [0.1, 0.15) is 0 Å². The van der Waals surface area contributed by atoms with Gasteiger partial charge in [-0.25, -0.2) is 0 Å². The summed E-state index contributed by atoms with van der Waals surface area (Å²) in [5.74, 6) is 0.719. The number of rotatable bonds is 9. The van der Waals surface area contributed by atoms with E-state index in [1.165, 1.54) is 0 Å². The van der Waals surface area contributed by atoms with Crippen LogP contribution in [0.1, 0.15) is 39.7 Å². The SMILES string of the molecule is CCNC(=NCC(OC)C(C)(C)C)NCCC(=O)NCc1ccccc1. The average Bonchev–Trinajstić information content (AvgIpc) is 2.60. The standard InChI is InChI=1S/C20H34N4O2/c1-6-21-19(24-15-17(26-5)20(2,3)4)22-13-12-18(25)23-14-16-10-8-7-9-11-16/h7-11,17H,6,12-15H2,1-5H3,(H,23,25)(H2,21,22,24). The maximum absolute atomic E-state index is 12.0. The Morgan fingerprint density at radius 2 is 1.85 bits per heavy atom. The maximum Gasteiger partial charge on any atom is 0.222 e. The van der Waals surface area contributed by atoms with E-state index in [0.717, 1.165) is 12.1 Å². The van der Waals surface area contributed by atoms with E-state index in [4.69, 9.17) is 4.74 Å². The third-order valence-electron chi connectivity index (χ3n) is 3.99. The minimum atomic E-state index is 0.0154. The van der Waals surface area contributed by atoms with Crippen molar-refractivity contribution >= 4 is 11.9 Å². The van der Waals surface area contributed by atoms with Gasteiger partial charge in [-0.1, -0.05) is 51.1 Å². The van der Waals surface area contributed by atoms with E-state index < -0.39 is 0 Å². The lowest BCUT2D eigenvalue weighted by molar-refractivity contribution is -0.121. The van der Waals surface area contributed by atoms with Crippen LogP contribution in [-0.2, 0) is 16.1 Å². The van der Waals surface area contributed by atoms with Crippen molar-refractivity contribution in [3.8, 4) is 0 Å². The van der Waals surface area contributed by atoms with E-state index >= 15 is 0 Å². The molecule has 6 nitrogen and oxygen atoms in total. The molecule has 1 rings (SSSR count). The molecule has 1 aromatic rings. The van der Waals surface area contributed by atoms with Crippen molar-refractivity contribution < 1.29 is 9.53 Å². The van der Waals surface area contributed by atoms with Gasteiger partial charge in [0.25, 0.3) is 0 Å². The Kier molecular flexibility index (Phi) is 9.73. The molecular weight excluding hydrogens is 328 g/mol. The lowest BCUT2D eigenvalue weighted by Crippen LogP contribution is -2.40. The van der Waals surface area contributed by atoms with E-state index in [-0.39, 0.29) is 17.4 Å². The van der Waals surface area contributed by atoms with Crippen LogP contribution in [0.3, 0.4) is 0 Å². The van der Waals surface area contributed by atoms with Gasteiger partial charge in [0.2, 0.25) is 5.91 Å². The first-order valence-electron chi connectivity index (χ1n) is 9.22. The van der Waals surface area contributed by atoms with Gasteiger partial charge in [-0.2, -0.15) is 0 Å². The van der Waals surface area contributed by atoms with Gasteiger partial charge >= 0.3 is 0 Å². The van der Waals surface area contributed by atoms with Crippen molar-refractivity contribution in [2.75, 3.05) is 26.7 Å². The van der Waals surface area contributed by atoms with Crippen molar-refractivity contribution in [1.29, 1.82) is 0 Å². The summed E-state index contributed by atoms with van der Waals surface area (Å²) in [5, 5.41) is 9.32. The summed E-state index contributed by atoms with van der Waals surface area (Å²) in [6.07, 6.45) is 0.427. The van der Waals surface area contributed by atoms with Gasteiger partial charge in [-0.15, -0.1) is 0 Å². The molecule has 1 amide bonds. The third kappa shape index (κ3) is 8.85. The molecule has 0 aromatic heterocycles. The number of methoxy groups -OCH3 is 1. The monoisotopic (exact) mass is 362 g/mol. The largest absolute Gasteiger partial charge is 0.379 e. The lowest BCUT2D eigenvalue weighted by Gasteiger charge is -2.28. The van der Waals surface area contributed by atoms with Gasteiger partial charge in [-0.05, 0) is 17.9 Å². The van der Waals surface area contributed by atoms with Gasteiger partial charge in [0, 0.05) is 33.2 Å². The number of nitrogens with one attached hydrogen (secondary N) is 3. The number of carbonyl (C=O) groups excluding carboxylic acids is 1. The maximum atomic E-state index is 12.0. The Bertz CT molecular complexity index is 553. The molecule has 0 aliphatic carbocycles. The van der Waals surface area contributed by atoms with Crippen LogP contribution in [0.15, 0.2) is 35.3 Å². The topological polar surface area (TPSA) is 74.8 Å². The molecule has 0 saturated carbocycles. The van der Waals surface area contributed by atoms with Crippen molar-refractivity contribution in [3.05, 3.63) is 35.9 Å². The number of hydrogen-bond acceptors (Lipinski definition) is 3. The zero-order chi connectivity index (χ0) is 19.4. The Labute approximate surface area is 157 Å². The zero-order valence-corrected chi connectivity index (χ0v) is 16.8. The molecule has 0 aliphatic heterocycles. The first kappa shape index (κ1) is 22.0. The van der Waals surface area contributed by atoms with Gasteiger partial charge in [0.05, 0.1) is 12.6 Å². The van der Waals surface area contributed by atoms with Crippen molar-refractivity contribution in [1.82, 2.24) is 16.0 Å². The molecule has 3 N–H and O–H groups in total. The molecule has 6 heteroatoms. The van der Waals surface area contributed by atoms with Gasteiger partial charge in [0.15, 0.2) is 5.96 Å². The summed E-state index contributed by atoms with van der Waals surface area (Å²) in [5.41, 5.74) is 1.11. The highest BCUT2D eigenvalue weighted by Gasteiger charge is 2.24. The number of hydrogen-bond donors (Lipinski definition) is 3. The second-order valence-electron chi connectivity index (χ2n) is 7.25. The molecule has 0 bridgehead atoms. The van der Waals surface area contributed by atoms with Crippen LogP contribution in [0, 0.1) is 5.41 Å². The summed E-state index contributed by atoms with van der Waals surface area (Å²) < 4.78 is 5.53. The van der Waals surface area contributed by atoms with Crippen LogP contribution in [0.2, 0.25) is 0 Å². The summed E-state index contributed by atoms with van der Waals surface area (Å²) in [6.45, 7) is 10.8. The van der Waals surface area contributed by atoms with Crippen molar-refractivity contribution in [3.63, 3.8) is 0 Å². The molecule has 0 heterocycles. The van der Waals surface area contributed by atoms with Crippen LogP contribution in [0.5, 0.6) is 0 Å². The molecule has 1 unspecified atom stereocenters. The first-order valence-corrected chi connectivity index (χ1v) is 9.22. The molecule has 146 valence electrons. The van der Waals surface area contributed by atoms with E-state index in [2.05, 4.69) is 41.7 Å². The molecule has 0 radical (unpaired) electrons. The molecule has 0 fully saturated rings. The molecule has 1 atom stereocenters. The normalized spacial score (nSPS) is 13.2. The predicted molar refractivity (Wildman–Crippen MR) is 107 cm³/mol. The number of nitrogens with zero attached hydrogens (tertiary/aromatic N) is 1. The minimum absolute atomic E-state index is 0.0154. The van der Waals surface area contributed by atoms with Crippen LogP contribution >= 0.6 is 0 Å². The summed E-state index contributed by atoms with van der Waals surface area (Å²) in [4.78, 5) is 16.5. The molecule has 0 spiro atoms. The number of ether oxygens (including phenoxy) is 1. The number of aliphatic imine (C=N–C) groups is 1. The van der Waals surface area contributed by atoms with E-state index in [0.29, 0.717) is 32.0 Å². The Balaban J connectivity index is 2.40. The van der Waals surface area contributed by atoms with Crippen LogP contribution in [0.25, 0.3) is 0 Å². The highest BCUT2D eigenvalue weighted by atomic mass is 16.5. The zero-order valence-electron chi connectivity index (χ0n) is 16.8. The van der Waals surface area contributed by atoms with Gasteiger partial charge < -0.3 is 20.7 Å². The number of carbonyl (C=O) groups is 1. The number of guanidine groups is 1. The molecule has 0 saturated heterocycles. The molecular formula is C20H34N4O2. The Hall–Kier alpha value is -2.08. The average molecular weight is 363 g/mol. The van der Waals surface area contributed by atoms with Crippen molar-refractivity contribution in [2.45, 2.75) is 46.8 Å². The van der Waals surface area contributed by atoms with E-state index in [9.17, 15) is 4.79 Å². The smallest absolute Gasteiger partial charge is 0.222 e. The molecule has 1 aromatic carbocycles. The molecule has 0 aliphatic rings. The summed E-state index contributed by atoms with van der Waals surface area (Å²) >= 11 is 0. The van der Waals surface area contributed by atoms with Crippen LogP contribution < -0.4 is 16.0 Å². The third-order valence-corrected chi connectivity index (χ3v) is 3.99. The van der Waals surface area contributed by atoms with E-state index in [1.807, 2.05) is 37.3 Å². The molecule has 26 heavy (non-hydrogen) atoms. The van der Waals surface area contributed by atoms with E-state index in [1.54, 1.807) is 7.11 Å². The van der Waals surface area contributed by atoms with Crippen molar-refractivity contribution in [2.24, 2.45) is 10.4 Å². The number of benzene rings is 1. The lowest BCUT2D eigenvalue weighted by atomic mass is 9.89. The fourth-order valence-electron chi connectivity index (χ4n) is 2.40. The Morgan fingerprint density at radius 3 is 2.42 bits per heavy atom. The van der Waals surface area contributed by atoms with Gasteiger partial charge in [-0.3, -0.25) is 9.79 Å². The second-order valence-corrected chi connectivity index (χ2v) is 7.25. The quantitative estimate of drug-likeness (QED) is 0.465. The summed E-state index contributed by atoms with van der Waals surface area (Å²) in [7, 11) is 1.71. The predicted octanol–water partition coefficient (Wildman–Crippen LogP) is 2.31. The highest BCUT2D eigenvalue weighted by molar-refractivity contribution is 5.81. The first-order chi connectivity index (χ1) is 12.4. The minimum Gasteiger partial charge on any atom is -0.379 e. The van der Waals surface area contributed by atoms with Crippen LogP contribution in [0.4, 0.5) is 0 Å². The fraction of sp³-hybridized carbons (Fsp3) is 0.600. The highest BCUT2D eigenvalue weighted by Crippen LogP contribution is 2.21. The second kappa shape index (κ2) is 11.5. The fourth-order valence-corrected chi connectivity index (χ4v) is 2.40. The Morgan fingerprint density at radius 1 is 1.15 bits per heavy atom. The van der Waals surface area contributed by atoms with Crippen LogP contribution in [-0.4, -0.2) is 44.7 Å².